The summed E-state index contributed by atoms with van der Waals surface area (Å²) >= 11 is 0. The number of ether oxygens (including phenoxy) is 1. The third-order valence-electron chi connectivity index (χ3n) is 3.64. The van der Waals surface area contributed by atoms with Gasteiger partial charge in [0.25, 0.3) is 0 Å². The maximum atomic E-state index is 12.9. The number of para-hydroxylation sites is 1. The molecule has 1 aromatic heterocycles. The average Bonchev–Trinajstić information content (AvgIpc) is 2.93. The van der Waals surface area contributed by atoms with Gasteiger partial charge in [-0.2, -0.15) is 0 Å². The van der Waals surface area contributed by atoms with Crippen LogP contribution < -0.4 is 4.74 Å². The standard InChI is InChI=1S/C19H11FO3/c20-13-7-5-12(6-8-13)19(21)22-14-9-10-18-16(11-14)15-3-1-2-4-17(15)23-18/h1-11H. The van der Waals surface area contributed by atoms with E-state index in [2.05, 4.69) is 0 Å². The topological polar surface area (TPSA) is 39.4 Å². The zero-order valence-electron chi connectivity index (χ0n) is 12.0. The minimum Gasteiger partial charge on any atom is -0.456 e. The molecule has 0 N–H and O–H groups in total. The summed E-state index contributed by atoms with van der Waals surface area (Å²) < 4.78 is 24.0. The average molecular weight is 306 g/mol. The Kier molecular flexibility index (Phi) is 3.08. The van der Waals surface area contributed by atoms with Crippen molar-refractivity contribution in [2.45, 2.75) is 0 Å². The Morgan fingerprint density at radius 3 is 2.43 bits per heavy atom. The predicted molar refractivity (Wildman–Crippen MR) is 85.1 cm³/mol. The van der Waals surface area contributed by atoms with Crippen LogP contribution in [0.1, 0.15) is 10.4 Å². The first-order valence-electron chi connectivity index (χ1n) is 7.10. The lowest BCUT2D eigenvalue weighted by Crippen LogP contribution is -2.08. The third kappa shape index (κ3) is 2.44. The minimum atomic E-state index is -0.530. The van der Waals surface area contributed by atoms with Gasteiger partial charge in [0.15, 0.2) is 0 Å². The quantitative estimate of drug-likeness (QED) is 0.389. The summed E-state index contributed by atoms with van der Waals surface area (Å²) in [6, 6.07) is 18.1. The number of halogens is 1. The lowest BCUT2D eigenvalue weighted by molar-refractivity contribution is 0.0735. The Labute approximate surface area is 130 Å². The highest BCUT2D eigenvalue weighted by molar-refractivity contribution is 6.05. The Balaban J connectivity index is 1.70. The fourth-order valence-corrected chi connectivity index (χ4v) is 2.52. The molecule has 4 heteroatoms. The van der Waals surface area contributed by atoms with Gasteiger partial charge in [0, 0.05) is 10.8 Å². The molecule has 0 fully saturated rings. The summed E-state index contributed by atoms with van der Waals surface area (Å²) in [5.41, 5.74) is 1.81. The molecule has 4 rings (SSSR count). The fourth-order valence-electron chi connectivity index (χ4n) is 2.52. The van der Waals surface area contributed by atoms with Crippen LogP contribution in [0.3, 0.4) is 0 Å². The molecule has 0 saturated carbocycles. The van der Waals surface area contributed by atoms with E-state index in [0.717, 1.165) is 21.9 Å². The SMILES string of the molecule is O=C(Oc1ccc2oc3ccccc3c2c1)c1ccc(F)cc1. The Bertz CT molecular complexity index is 1020. The van der Waals surface area contributed by atoms with Crippen molar-refractivity contribution in [2.24, 2.45) is 0 Å². The molecule has 3 nitrogen and oxygen atoms in total. The first-order chi connectivity index (χ1) is 11.2. The molecule has 4 aromatic rings. The smallest absolute Gasteiger partial charge is 0.343 e. The molecule has 0 aliphatic rings. The Hall–Kier alpha value is -3.14. The van der Waals surface area contributed by atoms with E-state index >= 15 is 0 Å². The molecule has 0 spiro atoms. The molecule has 0 bridgehead atoms. The summed E-state index contributed by atoms with van der Waals surface area (Å²) in [5.74, 6) is -0.511. The maximum Gasteiger partial charge on any atom is 0.343 e. The number of hydrogen-bond donors (Lipinski definition) is 0. The first kappa shape index (κ1) is 13.5. The summed E-state index contributed by atoms with van der Waals surface area (Å²) in [4.78, 5) is 12.1. The number of carbonyl (C=O) groups is 1. The molecule has 112 valence electrons. The van der Waals surface area contributed by atoms with Crippen molar-refractivity contribution in [3.63, 3.8) is 0 Å². The molecule has 0 aliphatic carbocycles. The van der Waals surface area contributed by atoms with Gasteiger partial charge in [0.1, 0.15) is 22.7 Å². The largest absolute Gasteiger partial charge is 0.456 e. The molecular formula is C19H11FO3. The second-order valence-corrected chi connectivity index (χ2v) is 5.15. The van der Waals surface area contributed by atoms with Gasteiger partial charge in [-0.15, -0.1) is 0 Å². The predicted octanol–water partition coefficient (Wildman–Crippen LogP) is 4.94. The van der Waals surface area contributed by atoms with E-state index < -0.39 is 11.8 Å². The van der Waals surface area contributed by atoms with E-state index in [9.17, 15) is 9.18 Å². The van der Waals surface area contributed by atoms with Crippen LogP contribution in [-0.4, -0.2) is 5.97 Å². The zero-order chi connectivity index (χ0) is 15.8. The maximum absolute atomic E-state index is 12.9. The second-order valence-electron chi connectivity index (χ2n) is 5.15. The van der Waals surface area contributed by atoms with Crippen LogP contribution in [0.25, 0.3) is 21.9 Å². The number of furan rings is 1. The molecule has 3 aromatic carbocycles. The molecule has 1 heterocycles. The number of fused-ring (bicyclic) bond motifs is 3. The van der Waals surface area contributed by atoms with Crippen LogP contribution in [-0.2, 0) is 0 Å². The van der Waals surface area contributed by atoms with Crippen molar-refractivity contribution >= 4 is 27.9 Å². The van der Waals surface area contributed by atoms with Crippen molar-refractivity contribution in [3.05, 3.63) is 78.1 Å². The van der Waals surface area contributed by atoms with E-state index in [1.165, 1.54) is 24.3 Å². The summed E-state index contributed by atoms with van der Waals surface area (Å²) in [6.45, 7) is 0. The molecule has 0 atom stereocenters. The van der Waals surface area contributed by atoms with Gasteiger partial charge < -0.3 is 9.15 Å². The lowest BCUT2D eigenvalue weighted by atomic mass is 10.1. The van der Waals surface area contributed by atoms with Crippen molar-refractivity contribution in [1.82, 2.24) is 0 Å². The number of hydrogen-bond acceptors (Lipinski definition) is 3. The van der Waals surface area contributed by atoms with Gasteiger partial charge in [0.2, 0.25) is 0 Å². The highest BCUT2D eigenvalue weighted by atomic mass is 19.1. The lowest BCUT2D eigenvalue weighted by Gasteiger charge is -2.04. The van der Waals surface area contributed by atoms with Gasteiger partial charge in [-0.1, -0.05) is 18.2 Å². The van der Waals surface area contributed by atoms with Crippen LogP contribution in [0.2, 0.25) is 0 Å². The zero-order valence-corrected chi connectivity index (χ0v) is 12.0. The van der Waals surface area contributed by atoms with E-state index in [0.29, 0.717) is 11.3 Å². The summed E-state index contributed by atoms with van der Waals surface area (Å²) in [7, 11) is 0. The molecular weight excluding hydrogens is 295 g/mol. The molecule has 0 unspecified atom stereocenters. The number of esters is 1. The normalized spacial score (nSPS) is 11.0. The van der Waals surface area contributed by atoms with Crippen LogP contribution in [0.4, 0.5) is 4.39 Å². The van der Waals surface area contributed by atoms with Crippen LogP contribution in [0, 0.1) is 5.82 Å². The van der Waals surface area contributed by atoms with Gasteiger partial charge in [-0.05, 0) is 48.5 Å². The van der Waals surface area contributed by atoms with E-state index in [1.54, 1.807) is 18.2 Å². The molecule has 23 heavy (non-hydrogen) atoms. The molecule has 0 radical (unpaired) electrons. The summed E-state index contributed by atoms with van der Waals surface area (Å²) in [5, 5.41) is 1.84. The summed E-state index contributed by atoms with van der Waals surface area (Å²) in [6.07, 6.45) is 0. The Morgan fingerprint density at radius 2 is 1.61 bits per heavy atom. The fraction of sp³-hybridized carbons (Fsp3) is 0. The highest BCUT2D eigenvalue weighted by Gasteiger charge is 2.11. The molecule has 0 saturated heterocycles. The number of carbonyl (C=O) groups excluding carboxylic acids is 1. The molecule has 0 amide bonds. The Morgan fingerprint density at radius 1 is 0.870 bits per heavy atom. The molecule has 0 aliphatic heterocycles. The van der Waals surface area contributed by atoms with E-state index in [-0.39, 0.29) is 0 Å². The highest BCUT2D eigenvalue weighted by Crippen LogP contribution is 2.31. The van der Waals surface area contributed by atoms with Crippen molar-refractivity contribution in [2.75, 3.05) is 0 Å². The van der Waals surface area contributed by atoms with Gasteiger partial charge in [-0.25, -0.2) is 9.18 Å². The van der Waals surface area contributed by atoms with Gasteiger partial charge in [-0.3, -0.25) is 0 Å². The van der Waals surface area contributed by atoms with Crippen molar-refractivity contribution < 1.29 is 18.3 Å². The third-order valence-corrected chi connectivity index (χ3v) is 3.64. The number of rotatable bonds is 2. The van der Waals surface area contributed by atoms with E-state index in [4.69, 9.17) is 9.15 Å². The second kappa shape index (κ2) is 5.25. The monoisotopic (exact) mass is 306 g/mol. The number of benzene rings is 3. The minimum absolute atomic E-state index is 0.295. The van der Waals surface area contributed by atoms with Crippen LogP contribution in [0.5, 0.6) is 5.75 Å². The van der Waals surface area contributed by atoms with Crippen molar-refractivity contribution in [1.29, 1.82) is 0 Å². The van der Waals surface area contributed by atoms with Crippen LogP contribution >= 0.6 is 0 Å². The first-order valence-corrected chi connectivity index (χ1v) is 7.10. The van der Waals surface area contributed by atoms with E-state index in [1.807, 2.05) is 24.3 Å². The van der Waals surface area contributed by atoms with Gasteiger partial charge >= 0.3 is 5.97 Å². The van der Waals surface area contributed by atoms with Crippen molar-refractivity contribution in [3.8, 4) is 5.75 Å². The van der Waals surface area contributed by atoms with Gasteiger partial charge in [0.05, 0.1) is 5.56 Å². The van der Waals surface area contributed by atoms with Crippen LogP contribution in [0.15, 0.2) is 71.1 Å².